The van der Waals surface area contributed by atoms with Crippen molar-refractivity contribution >= 4 is 5.78 Å². The molecule has 2 nitrogen and oxygen atoms in total. The van der Waals surface area contributed by atoms with Gasteiger partial charge in [0.25, 0.3) is 0 Å². The maximum atomic E-state index is 12.0. The third-order valence-corrected chi connectivity index (χ3v) is 2.80. The fourth-order valence-corrected chi connectivity index (χ4v) is 1.82. The number of rotatable bonds is 4. The minimum absolute atomic E-state index is 0.00889. The number of benzene rings is 2. The normalized spacial score (nSPS) is 10.1. The summed E-state index contributed by atoms with van der Waals surface area (Å²) in [4.78, 5) is 12.0. The van der Waals surface area contributed by atoms with Crippen LogP contribution in [-0.4, -0.2) is 12.4 Å². The van der Waals surface area contributed by atoms with E-state index in [0.29, 0.717) is 0 Å². The van der Waals surface area contributed by atoms with Crippen molar-refractivity contribution in [2.45, 2.75) is 13.8 Å². The fourth-order valence-electron chi connectivity index (χ4n) is 1.82. The van der Waals surface area contributed by atoms with Gasteiger partial charge in [-0.1, -0.05) is 36.4 Å². The summed E-state index contributed by atoms with van der Waals surface area (Å²) in [5, 5.41) is 0. The summed E-state index contributed by atoms with van der Waals surface area (Å²) in [7, 11) is 0. The van der Waals surface area contributed by atoms with Crippen molar-refractivity contribution in [2.75, 3.05) is 6.61 Å². The smallest absolute Gasteiger partial charge is 0.200 e. The van der Waals surface area contributed by atoms with Gasteiger partial charge < -0.3 is 4.74 Å². The van der Waals surface area contributed by atoms with Gasteiger partial charge in [0.2, 0.25) is 0 Å². The third-order valence-electron chi connectivity index (χ3n) is 2.80. The summed E-state index contributed by atoms with van der Waals surface area (Å²) in [5.41, 5.74) is 2.83. The average molecular weight is 240 g/mol. The number of Topliss-reactive ketones (excluding diaryl/α,β-unsaturated/α-hetero) is 1. The lowest BCUT2D eigenvalue weighted by Gasteiger charge is -2.07. The molecule has 0 aromatic heterocycles. The molecule has 0 saturated carbocycles. The van der Waals surface area contributed by atoms with Gasteiger partial charge in [-0.3, -0.25) is 4.79 Å². The van der Waals surface area contributed by atoms with Crippen molar-refractivity contribution in [1.82, 2.24) is 0 Å². The van der Waals surface area contributed by atoms with Crippen molar-refractivity contribution in [3.8, 4) is 5.75 Å². The molecule has 0 atom stereocenters. The molecule has 0 aliphatic carbocycles. The number of aryl methyl sites for hydroxylation is 2. The molecule has 0 bridgehead atoms. The van der Waals surface area contributed by atoms with Crippen LogP contribution in [0, 0.1) is 13.8 Å². The Morgan fingerprint density at radius 3 is 2.56 bits per heavy atom. The molecule has 0 saturated heterocycles. The highest BCUT2D eigenvalue weighted by Crippen LogP contribution is 2.14. The molecular formula is C16H16O2. The Labute approximate surface area is 107 Å². The fraction of sp³-hybridized carbons (Fsp3) is 0.188. The van der Waals surface area contributed by atoms with E-state index in [-0.39, 0.29) is 12.4 Å². The molecule has 2 aromatic carbocycles. The highest BCUT2D eigenvalue weighted by Gasteiger charge is 2.08. The van der Waals surface area contributed by atoms with Crippen LogP contribution in [0.4, 0.5) is 0 Å². The zero-order chi connectivity index (χ0) is 13.0. The molecule has 0 radical (unpaired) electrons. The number of carbonyl (C=O) groups is 1. The first kappa shape index (κ1) is 12.4. The second-order valence-corrected chi connectivity index (χ2v) is 4.34. The molecule has 2 aromatic rings. The molecule has 0 spiro atoms. The molecule has 0 unspecified atom stereocenters. The molecular weight excluding hydrogens is 224 g/mol. The maximum absolute atomic E-state index is 12.0. The van der Waals surface area contributed by atoms with E-state index in [4.69, 9.17) is 4.74 Å². The van der Waals surface area contributed by atoms with Crippen LogP contribution in [0.15, 0.2) is 48.5 Å². The highest BCUT2D eigenvalue weighted by molar-refractivity contribution is 5.98. The number of hydrogen-bond donors (Lipinski definition) is 0. The lowest BCUT2D eigenvalue weighted by molar-refractivity contribution is 0.0921. The Morgan fingerprint density at radius 1 is 1.06 bits per heavy atom. The minimum Gasteiger partial charge on any atom is -0.485 e. The Balaban J connectivity index is 2.03. The summed E-state index contributed by atoms with van der Waals surface area (Å²) in [6.07, 6.45) is 0. The second-order valence-electron chi connectivity index (χ2n) is 4.34. The van der Waals surface area contributed by atoms with Crippen molar-refractivity contribution < 1.29 is 9.53 Å². The SMILES string of the molecule is Cc1cccc(OCC(=O)c2ccccc2C)c1. The molecule has 0 N–H and O–H groups in total. The van der Waals surface area contributed by atoms with Crippen LogP contribution in [0.25, 0.3) is 0 Å². The lowest BCUT2D eigenvalue weighted by Crippen LogP contribution is -2.12. The molecule has 2 rings (SSSR count). The molecule has 18 heavy (non-hydrogen) atoms. The van der Waals surface area contributed by atoms with Gasteiger partial charge in [0, 0.05) is 5.56 Å². The Bertz CT molecular complexity index is 559. The van der Waals surface area contributed by atoms with Crippen LogP contribution in [0.5, 0.6) is 5.75 Å². The van der Waals surface area contributed by atoms with E-state index in [1.807, 2.05) is 62.4 Å². The van der Waals surface area contributed by atoms with Crippen LogP contribution in [0.2, 0.25) is 0 Å². The Morgan fingerprint density at radius 2 is 1.83 bits per heavy atom. The number of ketones is 1. The summed E-state index contributed by atoms with van der Waals surface area (Å²) < 4.78 is 5.51. The van der Waals surface area contributed by atoms with Crippen LogP contribution in [-0.2, 0) is 0 Å². The molecule has 0 fully saturated rings. The van der Waals surface area contributed by atoms with Gasteiger partial charge in [-0.15, -0.1) is 0 Å². The standard InChI is InChI=1S/C16H16O2/c1-12-6-5-8-14(10-12)18-11-16(17)15-9-4-3-7-13(15)2/h3-10H,11H2,1-2H3. The molecule has 0 heterocycles. The van der Waals surface area contributed by atoms with E-state index < -0.39 is 0 Å². The van der Waals surface area contributed by atoms with Crippen molar-refractivity contribution in [1.29, 1.82) is 0 Å². The zero-order valence-electron chi connectivity index (χ0n) is 10.6. The first-order valence-corrected chi connectivity index (χ1v) is 5.95. The predicted molar refractivity (Wildman–Crippen MR) is 72.2 cm³/mol. The first-order chi connectivity index (χ1) is 8.66. The molecule has 2 heteroatoms. The first-order valence-electron chi connectivity index (χ1n) is 5.95. The van der Waals surface area contributed by atoms with Gasteiger partial charge in [0.1, 0.15) is 5.75 Å². The highest BCUT2D eigenvalue weighted by atomic mass is 16.5. The van der Waals surface area contributed by atoms with Gasteiger partial charge in [0.05, 0.1) is 0 Å². The Hall–Kier alpha value is -2.09. The van der Waals surface area contributed by atoms with E-state index in [0.717, 1.165) is 22.4 Å². The number of hydrogen-bond acceptors (Lipinski definition) is 2. The maximum Gasteiger partial charge on any atom is 0.200 e. The summed E-state index contributed by atoms with van der Waals surface area (Å²) >= 11 is 0. The zero-order valence-corrected chi connectivity index (χ0v) is 10.6. The number of ether oxygens (including phenoxy) is 1. The van der Waals surface area contributed by atoms with E-state index in [1.165, 1.54) is 0 Å². The van der Waals surface area contributed by atoms with E-state index in [1.54, 1.807) is 0 Å². The van der Waals surface area contributed by atoms with Crippen molar-refractivity contribution in [3.63, 3.8) is 0 Å². The van der Waals surface area contributed by atoms with Gasteiger partial charge in [-0.2, -0.15) is 0 Å². The average Bonchev–Trinajstić information content (AvgIpc) is 2.37. The molecule has 0 aliphatic heterocycles. The molecule has 0 aliphatic rings. The van der Waals surface area contributed by atoms with Crippen LogP contribution in [0.3, 0.4) is 0 Å². The van der Waals surface area contributed by atoms with E-state index in [9.17, 15) is 4.79 Å². The van der Waals surface area contributed by atoms with E-state index in [2.05, 4.69) is 0 Å². The Kier molecular flexibility index (Phi) is 3.78. The largest absolute Gasteiger partial charge is 0.485 e. The summed E-state index contributed by atoms with van der Waals surface area (Å²) in [5.74, 6) is 0.742. The van der Waals surface area contributed by atoms with Crippen LogP contribution < -0.4 is 4.74 Å². The summed E-state index contributed by atoms with van der Waals surface area (Å²) in [6.45, 7) is 4.00. The topological polar surface area (TPSA) is 26.3 Å². The predicted octanol–water partition coefficient (Wildman–Crippen LogP) is 3.57. The monoisotopic (exact) mass is 240 g/mol. The quantitative estimate of drug-likeness (QED) is 0.764. The third kappa shape index (κ3) is 2.98. The van der Waals surface area contributed by atoms with Crippen LogP contribution in [0.1, 0.15) is 21.5 Å². The van der Waals surface area contributed by atoms with Gasteiger partial charge in [-0.05, 0) is 37.1 Å². The lowest BCUT2D eigenvalue weighted by atomic mass is 10.1. The number of carbonyl (C=O) groups excluding carboxylic acids is 1. The second kappa shape index (κ2) is 5.50. The summed E-state index contributed by atoms with van der Waals surface area (Å²) in [6, 6.07) is 15.2. The van der Waals surface area contributed by atoms with Crippen LogP contribution >= 0.6 is 0 Å². The van der Waals surface area contributed by atoms with E-state index >= 15 is 0 Å². The van der Waals surface area contributed by atoms with Gasteiger partial charge in [0.15, 0.2) is 12.4 Å². The van der Waals surface area contributed by atoms with Crippen molar-refractivity contribution in [3.05, 3.63) is 65.2 Å². The van der Waals surface area contributed by atoms with Gasteiger partial charge >= 0.3 is 0 Å². The minimum atomic E-state index is 0.00889. The molecule has 0 amide bonds. The van der Waals surface area contributed by atoms with Gasteiger partial charge in [-0.25, -0.2) is 0 Å². The van der Waals surface area contributed by atoms with Crippen molar-refractivity contribution in [2.24, 2.45) is 0 Å². The molecule has 92 valence electrons.